The Hall–Kier alpha value is -2.19. The lowest BCUT2D eigenvalue weighted by molar-refractivity contribution is -0.202. The van der Waals surface area contributed by atoms with Gasteiger partial charge in [-0.25, -0.2) is 18.0 Å². The maximum Gasteiger partial charge on any atom is 0.424 e. The summed E-state index contributed by atoms with van der Waals surface area (Å²) in [7, 11) is -7.11. The molecule has 0 saturated heterocycles. The molecule has 1 aromatic heterocycles. The van der Waals surface area contributed by atoms with Gasteiger partial charge in [-0.05, 0) is 24.3 Å². The van der Waals surface area contributed by atoms with Crippen LogP contribution in [0.5, 0.6) is 5.88 Å². The summed E-state index contributed by atoms with van der Waals surface area (Å²) in [6.07, 6.45) is 0. The average molecular weight is 393 g/mol. The quantitative estimate of drug-likeness (QED) is 0.270. The summed E-state index contributed by atoms with van der Waals surface area (Å²) in [6.45, 7) is -0.590. The van der Waals surface area contributed by atoms with E-state index >= 15 is 0 Å². The molecule has 0 aliphatic carbocycles. The highest BCUT2D eigenvalue weighted by molar-refractivity contribution is 7.91. The lowest BCUT2D eigenvalue weighted by Crippen LogP contribution is -2.14. The number of sulfone groups is 1. The number of aromatic nitrogens is 2. The number of hydrogen-bond acceptors (Lipinski definition) is 9. The molecule has 0 unspecified atom stereocenters. The van der Waals surface area contributed by atoms with Crippen LogP contribution in [0, 0.1) is 0 Å². The molecule has 138 valence electrons. The predicted octanol–water partition coefficient (Wildman–Crippen LogP) is -0.0122. The zero-order valence-electron chi connectivity index (χ0n) is 12.9. The third kappa shape index (κ3) is 5.14. The molecule has 0 aliphatic rings. The molecule has 0 bridgehead atoms. The van der Waals surface area contributed by atoms with E-state index in [1.807, 2.05) is 0 Å². The number of nitrogens with zero attached hydrogens (tertiary/aromatic N) is 2. The lowest BCUT2D eigenvalue weighted by atomic mass is 10.3. The molecule has 1 aromatic carbocycles. The Labute approximate surface area is 143 Å². The van der Waals surface area contributed by atoms with E-state index in [1.165, 1.54) is 42.1 Å². The van der Waals surface area contributed by atoms with Crippen LogP contribution in [0.15, 0.2) is 35.2 Å². The van der Waals surface area contributed by atoms with Crippen molar-refractivity contribution >= 4 is 26.1 Å². The molecule has 3 N–H and O–H groups in total. The zero-order valence-corrected chi connectivity index (χ0v) is 14.5. The summed E-state index contributed by atoms with van der Waals surface area (Å²) in [4.78, 5) is 4.09. The van der Waals surface area contributed by atoms with Crippen molar-refractivity contribution in [1.29, 1.82) is 0 Å². The largest absolute Gasteiger partial charge is 0.480 e. The Kier molecular flexibility index (Phi) is 5.64. The third-order valence-corrected chi connectivity index (χ3v) is 4.90. The van der Waals surface area contributed by atoms with Gasteiger partial charge in [0, 0.05) is 6.07 Å². The summed E-state index contributed by atoms with van der Waals surface area (Å²) in [5, 5.41) is 4.08. The Morgan fingerprint density at radius 2 is 1.84 bits per heavy atom. The Morgan fingerprint density at radius 3 is 2.36 bits per heavy atom. The normalized spacial score (nSPS) is 12.2. The molecule has 25 heavy (non-hydrogen) atoms. The summed E-state index contributed by atoms with van der Waals surface area (Å²) in [5.74, 6) is 0.0629. The van der Waals surface area contributed by atoms with Crippen LogP contribution < -0.4 is 10.5 Å². The molecule has 0 saturated carbocycles. The van der Waals surface area contributed by atoms with Crippen LogP contribution in [-0.4, -0.2) is 50.6 Å². The Morgan fingerprint density at radius 1 is 1.20 bits per heavy atom. The minimum absolute atomic E-state index is 0.0237. The molecule has 0 fully saturated rings. The summed E-state index contributed by atoms with van der Waals surface area (Å²) in [6, 6.07) is 7.16. The molecule has 1 heterocycles. The highest BCUT2D eigenvalue weighted by Crippen LogP contribution is 2.20. The number of anilines is 1. The van der Waals surface area contributed by atoms with Gasteiger partial charge < -0.3 is 10.5 Å². The minimum atomic E-state index is -4.80. The number of ether oxygens (including phenoxy) is 1. The summed E-state index contributed by atoms with van der Waals surface area (Å²) in [5.41, 5.74) is 6.31. The van der Waals surface area contributed by atoms with Gasteiger partial charge in [-0.2, -0.15) is 8.42 Å². The monoisotopic (exact) mass is 393 g/mol. The number of nitrogen functional groups attached to an aromatic ring is 1. The number of hydrogen-bond donors (Lipinski definition) is 2. The van der Waals surface area contributed by atoms with Crippen molar-refractivity contribution in [2.45, 2.75) is 4.90 Å². The van der Waals surface area contributed by atoms with Crippen LogP contribution in [0.2, 0.25) is 0 Å². The second-order valence-electron chi connectivity index (χ2n) is 4.65. The molecule has 0 amide bonds. The van der Waals surface area contributed by atoms with Gasteiger partial charge in [-0.3, -0.25) is 4.55 Å². The van der Waals surface area contributed by atoms with Crippen LogP contribution in [0.3, 0.4) is 0 Å². The van der Waals surface area contributed by atoms with E-state index in [9.17, 15) is 16.8 Å². The second-order valence-corrected chi connectivity index (χ2v) is 7.75. The molecule has 2 rings (SSSR count). The van der Waals surface area contributed by atoms with Crippen molar-refractivity contribution in [2.24, 2.45) is 0 Å². The minimum Gasteiger partial charge on any atom is -0.480 e. The fraction of sp³-hybridized carbons (Fsp3) is 0.250. The van der Waals surface area contributed by atoms with E-state index in [0.717, 1.165) is 0 Å². The van der Waals surface area contributed by atoms with Crippen molar-refractivity contribution < 1.29 is 35.3 Å². The molecule has 0 radical (unpaired) electrons. The van der Waals surface area contributed by atoms with E-state index in [4.69, 9.17) is 15.0 Å². The van der Waals surface area contributed by atoms with Crippen LogP contribution >= 0.6 is 0 Å². The topological polar surface area (TPSA) is 160 Å². The summed E-state index contributed by atoms with van der Waals surface area (Å²) >= 11 is 0. The van der Waals surface area contributed by atoms with Crippen molar-refractivity contribution in [1.82, 2.24) is 9.78 Å². The number of rotatable bonds is 8. The van der Waals surface area contributed by atoms with Crippen molar-refractivity contribution in [3.63, 3.8) is 0 Å². The van der Waals surface area contributed by atoms with Crippen molar-refractivity contribution in [3.8, 4) is 11.6 Å². The zero-order chi connectivity index (χ0) is 18.7. The van der Waals surface area contributed by atoms with Crippen molar-refractivity contribution in [3.05, 3.63) is 30.3 Å². The second kappa shape index (κ2) is 7.37. The first-order valence-electron chi connectivity index (χ1n) is 6.63. The number of methoxy groups -OCH3 is 1. The highest BCUT2D eigenvalue weighted by Gasteiger charge is 2.16. The van der Waals surface area contributed by atoms with Gasteiger partial charge in [-0.1, -0.05) is 4.33 Å². The number of benzene rings is 1. The van der Waals surface area contributed by atoms with Gasteiger partial charge in [0.15, 0.2) is 9.84 Å². The fourth-order valence-corrected chi connectivity index (χ4v) is 3.09. The smallest absolute Gasteiger partial charge is 0.424 e. The number of nitrogens with two attached hydrogens (primary N) is 1. The lowest BCUT2D eigenvalue weighted by Gasteiger charge is -2.07. The van der Waals surface area contributed by atoms with Crippen LogP contribution in [0.1, 0.15) is 0 Å². The standard InChI is InChI=1S/C12H15N3O8S2/c1-21-12-8-11(13)15(14-12)9-2-4-10(5-3-9)24(16,17)7-6-22-23-25(18,19)20/h2-5,8H,6-7,13H2,1H3,(H,18,19,20). The molecule has 0 atom stereocenters. The predicted molar refractivity (Wildman–Crippen MR) is 85.2 cm³/mol. The molecular weight excluding hydrogens is 378 g/mol. The van der Waals surface area contributed by atoms with Crippen LogP contribution in [0.4, 0.5) is 5.82 Å². The highest BCUT2D eigenvalue weighted by atomic mass is 32.3. The van der Waals surface area contributed by atoms with Gasteiger partial charge in [0.25, 0.3) is 0 Å². The van der Waals surface area contributed by atoms with Crippen LogP contribution in [0.25, 0.3) is 5.69 Å². The Bertz CT molecular complexity index is 935. The average Bonchev–Trinajstić information content (AvgIpc) is 2.92. The van der Waals surface area contributed by atoms with E-state index < -0.39 is 32.6 Å². The van der Waals surface area contributed by atoms with Gasteiger partial charge in [0.1, 0.15) is 5.82 Å². The van der Waals surface area contributed by atoms with E-state index in [2.05, 4.69) is 14.3 Å². The van der Waals surface area contributed by atoms with E-state index in [1.54, 1.807) is 0 Å². The van der Waals surface area contributed by atoms with Crippen LogP contribution in [-0.2, 0) is 29.5 Å². The van der Waals surface area contributed by atoms with E-state index in [0.29, 0.717) is 17.4 Å². The van der Waals surface area contributed by atoms with Gasteiger partial charge in [0.05, 0.1) is 30.1 Å². The first-order valence-corrected chi connectivity index (χ1v) is 9.65. The SMILES string of the molecule is COc1cc(N)n(-c2ccc(S(=O)(=O)CCOOS(=O)(=O)O)cc2)n1. The molecule has 11 nitrogen and oxygen atoms in total. The third-order valence-electron chi connectivity index (χ3n) is 2.93. The molecule has 0 aliphatic heterocycles. The summed E-state index contributed by atoms with van der Waals surface area (Å²) < 4.78 is 63.0. The first kappa shape index (κ1) is 19.1. The molecular formula is C12H15N3O8S2. The van der Waals surface area contributed by atoms with Gasteiger partial charge >= 0.3 is 10.4 Å². The fourth-order valence-electron chi connectivity index (χ4n) is 1.83. The molecule has 2 aromatic rings. The van der Waals surface area contributed by atoms with Gasteiger partial charge in [-0.15, -0.1) is 5.10 Å². The Balaban J connectivity index is 2.09. The van der Waals surface area contributed by atoms with Crippen molar-refractivity contribution in [2.75, 3.05) is 25.2 Å². The van der Waals surface area contributed by atoms with E-state index in [-0.39, 0.29) is 4.90 Å². The maximum atomic E-state index is 12.1. The molecule has 0 spiro atoms. The first-order chi connectivity index (χ1) is 11.6. The maximum absolute atomic E-state index is 12.1. The van der Waals surface area contributed by atoms with Gasteiger partial charge in [0.2, 0.25) is 5.88 Å². The molecule has 13 heteroatoms.